The molecule has 0 radical (unpaired) electrons. The molecule has 0 amide bonds. The molecule has 1 aromatic carbocycles. The summed E-state index contributed by atoms with van der Waals surface area (Å²) in [7, 11) is 2.15. The number of fused-ring (bicyclic) bond motifs is 2. The van der Waals surface area contributed by atoms with Crippen LogP contribution in [0.1, 0.15) is 5.69 Å². The maximum Gasteiger partial charge on any atom is 0.149 e. The minimum absolute atomic E-state index is 0.232. The number of aryl methyl sites for hydroxylation is 1. The Morgan fingerprint density at radius 3 is 3.00 bits per heavy atom. The number of benzene rings is 1. The van der Waals surface area contributed by atoms with Crippen LogP contribution >= 0.6 is 0 Å². The van der Waals surface area contributed by atoms with Crippen LogP contribution in [0, 0.1) is 12.7 Å². The Morgan fingerprint density at radius 1 is 1.32 bits per heavy atom. The van der Waals surface area contributed by atoms with Crippen molar-refractivity contribution in [3.63, 3.8) is 0 Å². The lowest BCUT2D eigenvalue weighted by atomic mass is 10.1. The van der Waals surface area contributed by atoms with E-state index in [2.05, 4.69) is 27.9 Å². The van der Waals surface area contributed by atoms with E-state index in [1.165, 1.54) is 6.07 Å². The number of hydrogen-bond donors (Lipinski definition) is 0. The summed E-state index contributed by atoms with van der Waals surface area (Å²) in [6, 6.07) is 7.64. The van der Waals surface area contributed by atoms with Crippen molar-refractivity contribution in [1.82, 2.24) is 9.88 Å². The molecule has 2 unspecified atom stereocenters. The lowest BCUT2D eigenvalue weighted by Crippen LogP contribution is -2.48. The van der Waals surface area contributed by atoms with Crippen LogP contribution in [0.3, 0.4) is 0 Å². The van der Waals surface area contributed by atoms with Gasteiger partial charge in [-0.15, -0.1) is 0 Å². The van der Waals surface area contributed by atoms with Gasteiger partial charge in [-0.25, -0.2) is 9.37 Å². The third-order valence-corrected chi connectivity index (χ3v) is 4.82. The Bertz CT molecular complexity index is 720. The third kappa shape index (κ3) is 2.16. The van der Waals surface area contributed by atoms with Gasteiger partial charge in [0.1, 0.15) is 11.3 Å². The highest BCUT2D eigenvalue weighted by atomic mass is 19.1. The number of morpholine rings is 1. The lowest BCUT2D eigenvalue weighted by molar-refractivity contribution is -0.0362. The summed E-state index contributed by atoms with van der Waals surface area (Å²) in [5, 5.41) is 0.881. The van der Waals surface area contributed by atoms with E-state index in [1.54, 1.807) is 6.07 Å². The molecule has 2 atom stereocenters. The van der Waals surface area contributed by atoms with Gasteiger partial charge in [0, 0.05) is 36.4 Å². The predicted octanol–water partition coefficient (Wildman–Crippen LogP) is 2.20. The van der Waals surface area contributed by atoms with Gasteiger partial charge in [0.05, 0.1) is 18.8 Å². The molecule has 2 fully saturated rings. The van der Waals surface area contributed by atoms with Crippen molar-refractivity contribution in [1.29, 1.82) is 0 Å². The number of likely N-dealkylation sites (N-methyl/N-ethyl adjacent to an activating group) is 1. The van der Waals surface area contributed by atoms with Crippen molar-refractivity contribution in [3.05, 3.63) is 35.8 Å². The molecular weight excluding hydrogens is 281 g/mol. The van der Waals surface area contributed by atoms with Gasteiger partial charge in [0.2, 0.25) is 0 Å². The molecule has 0 N–H and O–H groups in total. The topological polar surface area (TPSA) is 28.6 Å². The molecule has 2 saturated heterocycles. The van der Waals surface area contributed by atoms with Gasteiger partial charge in [0.25, 0.3) is 0 Å². The van der Waals surface area contributed by atoms with Gasteiger partial charge in [-0.2, -0.15) is 0 Å². The molecule has 2 aromatic rings. The number of nitrogens with zero attached hydrogens (tertiary/aromatic N) is 3. The van der Waals surface area contributed by atoms with Crippen LogP contribution in [0.5, 0.6) is 0 Å². The summed E-state index contributed by atoms with van der Waals surface area (Å²) in [4.78, 5) is 9.05. The summed E-state index contributed by atoms with van der Waals surface area (Å²) in [5.74, 6) is -0.257. The highest BCUT2D eigenvalue weighted by Crippen LogP contribution is 2.33. The zero-order chi connectivity index (χ0) is 15.3. The summed E-state index contributed by atoms with van der Waals surface area (Å²) in [5.41, 5.74) is 2.37. The fraction of sp³-hybridized carbons (Fsp3) is 0.471. The van der Waals surface area contributed by atoms with Crippen LogP contribution in [0.2, 0.25) is 0 Å². The van der Waals surface area contributed by atoms with E-state index in [1.807, 2.05) is 13.0 Å². The van der Waals surface area contributed by atoms with Crippen LogP contribution in [0.4, 0.5) is 10.1 Å². The largest absolute Gasteiger partial charge is 0.373 e. The Labute approximate surface area is 129 Å². The van der Waals surface area contributed by atoms with Gasteiger partial charge in [-0.1, -0.05) is 12.1 Å². The molecule has 4 rings (SSSR count). The average Bonchev–Trinajstić information content (AvgIpc) is 2.93. The van der Waals surface area contributed by atoms with E-state index in [0.29, 0.717) is 11.6 Å². The zero-order valence-electron chi connectivity index (χ0n) is 12.9. The van der Waals surface area contributed by atoms with E-state index >= 15 is 0 Å². The van der Waals surface area contributed by atoms with Crippen molar-refractivity contribution < 1.29 is 9.13 Å². The Balaban J connectivity index is 1.77. The molecule has 4 nitrogen and oxygen atoms in total. The molecule has 1 aromatic heterocycles. The van der Waals surface area contributed by atoms with Crippen LogP contribution in [0.25, 0.3) is 10.9 Å². The minimum atomic E-state index is -0.257. The van der Waals surface area contributed by atoms with Gasteiger partial charge in [0.15, 0.2) is 0 Å². The fourth-order valence-corrected chi connectivity index (χ4v) is 3.64. The van der Waals surface area contributed by atoms with Crippen LogP contribution < -0.4 is 4.90 Å². The van der Waals surface area contributed by atoms with E-state index in [4.69, 9.17) is 4.74 Å². The Kier molecular flexibility index (Phi) is 3.27. The van der Waals surface area contributed by atoms with Crippen LogP contribution in [-0.4, -0.2) is 55.3 Å². The summed E-state index contributed by atoms with van der Waals surface area (Å²) >= 11 is 0. The van der Waals surface area contributed by atoms with E-state index in [-0.39, 0.29) is 11.9 Å². The standard InChI is InChI=1S/C17H20FN3O/c1-11-8-14(12-4-3-5-13(18)17(12)19-11)21-9-15-16(10-21)22-7-6-20(15)2/h3-5,8,15-16H,6-7,9-10H2,1-2H3. The van der Waals surface area contributed by atoms with Crippen molar-refractivity contribution >= 4 is 16.6 Å². The molecule has 3 heterocycles. The summed E-state index contributed by atoms with van der Waals surface area (Å²) in [6.07, 6.45) is 0.232. The molecule has 116 valence electrons. The third-order valence-electron chi connectivity index (χ3n) is 4.82. The number of hydrogen-bond acceptors (Lipinski definition) is 4. The molecular formula is C17H20FN3O. The maximum absolute atomic E-state index is 14.1. The van der Waals surface area contributed by atoms with E-state index in [9.17, 15) is 4.39 Å². The molecule has 0 bridgehead atoms. The number of rotatable bonds is 1. The smallest absolute Gasteiger partial charge is 0.149 e. The SMILES string of the molecule is Cc1cc(N2CC3OCCN(C)C3C2)c2cccc(F)c2n1. The zero-order valence-corrected chi connectivity index (χ0v) is 12.9. The quantitative estimate of drug-likeness (QED) is 0.807. The maximum atomic E-state index is 14.1. The number of aromatic nitrogens is 1. The first-order valence-electron chi connectivity index (χ1n) is 7.76. The second-order valence-corrected chi connectivity index (χ2v) is 6.28. The molecule has 0 aliphatic carbocycles. The monoisotopic (exact) mass is 301 g/mol. The summed E-state index contributed by atoms with van der Waals surface area (Å²) < 4.78 is 20.0. The van der Waals surface area contributed by atoms with Gasteiger partial charge >= 0.3 is 0 Å². The average molecular weight is 301 g/mol. The molecule has 22 heavy (non-hydrogen) atoms. The van der Waals surface area contributed by atoms with Gasteiger partial charge in [-0.05, 0) is 26.1 Å². The molecule has 2 aliphatic heterocycles. The normalized spacial score (nSPS) is 25.7. The first kappa shape index (κ1) is 13.9. The van der Waals surface area contributed by atoms with Crippen LogP contribution in [0.15, 0.2) is 24.3 Å². The molecule has 0 spiro atoms. The first-order valence-corrected chi connectivity index (χ1v) is 7.76. The predicted molar refractivity (Wildman–Crippen MR) is 84.8 cm³/mol. The number of pyridine rings is 1. The number of ether oxygens (including phenoxy) is 1. The van der Waals surface area contributed by atoms with Crippen molar-refractivity contribution in [3.8, 4) is 0 Å². The number of halogens is 1. The van der Waals surface area contributed by atoms with Gasteiger partial charge in [-0.3, -0.25) is 4.90 Å². The van der Waals surface area contributed by atoms with E-state index in [0.717, 1.165) is 43.0 Å². The second kappa shape index (κ2) is 5.18. The molecule has 2 aliphatic rings. The molecule has 5 heteroatoms. The molecule has 0 saturated carbocycles. The first-order chi connectivity index (χ1) is 10.6. The van der Waals surface area contributed by atoms with Crippen molar-refractivity contribution in [2.24, 2.45) is 0 Å². The highest BCUT2D eigenvalue weighted by molar-refractivity contribution is 5.92. The minimum Gasteiger partial charge on any atom is -0.373 e. The Morgan fingerprint density at radius 2 is 2.18 bits per heavy atom. The van der Waals surface area contributed by atoms with Crippen molar-refractivity contribution in [2.45, 2.75) is 19.1 Å². The van der Waals surface area contributed by atoms with Gasteiger partial charge < -0.3 is 9.64 Å². The number of anilines is 1. The number of para-hydroxylation sites is 1. The van der Waals surface area contributed by atoms with Crippen molar-refractivity contribution in [2.75, 3.05) is 38.2 Å². The Hall–Kier alpha value is -1.72. The van der Waals surface area contributed by atoms with E-state index < -0.39 is 0 Å². The highest BCUT2D eigenvalue weighted by Gasteiger charge is 2.39. The fourth-order valence-electron chi connectivity index (χ4n) is 3.64. The summed E-state index contributed by atoms with van der Waals surface area (Å²) in [6.45, 7) is 5.44. The van der Waals surface area contributed by atoms with Crippen LogP contribution in [-0.2, 0) is 4.74 Å². The second-order valence-electron chi connectivity index (χ2n) is 6.28. The lowest BCUT2D eigenvalue weighted by Gasteiger charge is -2.33.